The van der Waals surface area contributed by atoms with Crippen molar-refractivity contribution in [3.8, 4) is 0 Å². The van der Waals surface area contributed by atoms with Crippen LogP contribution in [-0.4, -0.2) is 4.57 Å². The maximum atomic E-state index is 2.37. The summed E-state index contributed by atoms with van der Waals surface area (Å²) in [6, 6.07) is 10.6. The number of hydrogen-bond donors (Lipinski definition) is 0. The van der Waals surface area contributed by atoms with Gasteiger partial charge in [-0.2, -0.15) is 0 Å². The van der Waals surface area contributed by atoms with Crippen LogP contribution in [0.1, 0.15) is 22.8 Å². The molecule has 0 aliphatic heterocycles. The number of benzene rings is 1. The van der Waals surface area contributed by atoms with E-state index < -0.39 is 0 Å². The van der Waals surface area contributed by atoms with E-state index in [9.17, 15) is 0 Å². The number of aromatic nitrogens is 2. The van der Waals surface area contributed by atoms with Crippen molar-refractivity contribution in [2.45, 2.75) is 27.3 Å². The monoisotopic (exact) mass is 294 g/mol. The number of halogens is 1. The molecule has 2 rings (SSSR count). The van der Waals surface area contributed by atoms with Crippen molar-refractivity contribution in [1.82, 2.24) is 4.57 Å². The van der Waals surface area contributed by atoms with Crippen molar-refractivity contribution in [3.63, 3.8) is 0 Å². The average Bonchev–Trinajstić information content (AvgIpc) is 2.48. The minimum atomic E-state index is 0. The van der Waals surface area contributed by atoms with Gasteiger partial charge in [-0.3, -0.25) is 0 Å². The smallest absolute Gasteiger partial charge is 0.253 e. The molecule has 0 saturated heterocycles. The minimum absolute atomic E-state index is 0. The van der Waals surface area contributed by atoms with Crippen LogP contribution in [0.4, 0.5) is 0 Å². The molecular weight excluding hydrogens is 276 g/mol. The van der Waals surface area contributed by atoms with Crippen LogP contribution in [-0.2, 0) is 13.6 Å². The summed E-state index contributed by atoms with van der Waals surface area (Å²) >= 11 is 0. The summed E-state index contributed by atoms with van der Waals surface area (Å²) in [4.78, 5) is 0. The first-order valence-corrected chi connectivity index (χ1v) is 5.67. The summed E-state index contributed by atoms with van der Waals surface area (Å²) < 4.78 is 4.61. The van der Waals surface area contributed by atoms with Gasteiger partial charge in [0.2, 0.25) is 0 Å². The molecule has 3 heteroatoms. The van der Waals surface area contributed by atoms with Crippen LogP contribution >= 0.6 is 0 Å². The third-order valence-electron chi connectivity index (χ3n) is 3.49. The Bertz CT molecular complexity index is 475. The molecule has 0 radical (unpaired) electrons. The topological polar surface area (TPSA) is 8.81 Å². The summed E-state index contributed by atoms with van der Waals surface area (Å²) in [5.41, 5.74) is 4.04. The number of hydrogen-bond acceptors (Lipinski definition) is 0. The molecule has 2 aromatic rings. The highest BCUT2D eigenvalue weighted by Gasteiger charge is 2.19. The first-order valence-electron chi connectivity index (χ1n) is 5.67. The van der Waals surface area contributed by atoms with Crippen molar-refractivity contribution in [2.75, 3.05) is 0 Å². The molecule has 1 aromatic heterocycles. The van der Waals surface area contributed by atoms with E-state index in [1.165, 1.54) is 22.8 Å². The van der Waals surface area contributed by atoms with E-state index in [1.807, 2.05) is 0 Å². The van der Waals surface area contributed by atoms with Gasteiger partial charge in [0.25, 0.3) is 5.82 Å². The van der Waals surface area contributed by atoms with Crippen molar-refractivity contribution in [1.29, 1.82) is 0 Å². The molecule has 92 valence electrons. The van der Waals surface area contributed by atoms with E-state index in [1.54, 1.807) is 0 Å². The van der Waals surface area contributed by atoms with Gasteiger partial charge in [-0.25, -0.2) is 9.13 Å². The van der Waals surface area contributed by atoms with Crippen LogP contribution in [0, 0.1) is 20.8 Å². The largest absolute Gasteiger partial charge is 1.00 e. The highest BCUT2D eigenvalue weighted by molar-refractivity contribution is 5.17. The van der Waals surface area contributed by atoms with Crippen molar-refractivity contribution < 1.29 is 21.5 Å². The zero-order chi connectivity index (χ0) is 11.7. The van der Waals surface area contributed by atoms with E-state index in [0.717, 1.165) is 6.54 Å². The zero-order valence-electron chi connectivity index (χ0n) is 10.9. The lowest BCUT2D eigenvalue weighted by Gasteiger charge is -2.01. The first-order chi connectivity index (χ1) is 7.61. The summed E-state index contributed by atoms with van der Waals surface area (Å²) in [7, 11) is 2.12. The van der Waals surface area contributed by atoms with Crippen LogP contribution in [0.2, 0.25) is 0 Å². The second-order valence-electron chi connectivity index (χ2n) is 4.35. The fourth-order valence-corrected chi connectivity index (χ4v) is 2.10. The van der Waals surface area contributed by atoms with Crippen LogP contribution in [0.5, 0.6) is 0 Å². The number of nitrogens with zero attached hydrogens (tertiary/aromatic N) is 2. The molecule has 0 bridgehead atoms. The third kappa shape index (κ3) is 2.60. The Morgan fingerprint density at radius 3 is 2.12 bits per heavy atom. The van der Waals surface area contributed by atoms with E-state index in [0.29, 0.717) is 0 Å². The van der Waals surface area contributed by atoms with Crippen LogP contribution in [0.3, 0.4) is 0 Å². The molecule has 0 unspecified atom stereocenters. The zero-order valence-corrected chi connectivity index (χ0v) is 12.5. The molecule has 0 atom stereocenters. The van der Waals surface area contributed by atoms with Gasteiger partial charge in [0.05, 0.1) is 7.05 Å². The van der Waals surface area contributed by atoms with Gasteiger partial charge in [-0.1, -0.05) is 30.3 Å². The molecule has 0 fully saturated rings. The van der Waals surface area contributed by atoms with E-state index in [4.69, 9.17) is 0 Å². The van der Waals surface area contributed by atoms with Gasteiger partial charge >= 0.3 is 0 Å². The maximum absolute atomic E-state index is 2.37. The highest BCUT2D eigenvalue weighted by atomic mass is 79.9. The Balaban J connectivity index is 0.00000144. The molecule has 2 nitrogen and oxygen atoms in total. The van der Waals surface area contributed by atoms with Crippen molar-refractivity contribution >= 4 is 0 Å². The molecule has 0 aliphatic carbocycles. The second kappa shape index (κ2) is 5.50. The lowest BCUT2D eigenvalue weighted by molar-refractivity contribution is -0.683. The molecule has 1 aromatic carbocycles. The molecule has 0 saturated carbocycles. The van der Waals surface area contributed by atoms with Crippen LogP contribution in [0.15, 0.2) is 30.3 Å². The van der Waals surface area contributed by atoms with E-state index in [2.05, 4.69) is 67.3 Å². The Kier molecular flexibility index (Phi) is 4.52. The van der Waals surface area contributed by atoms with Gasteiger partial charge in [-0.15, -0.1) is 0 Å². The predicted molar refractivity (Wildman–Crippen MR) is 65.4 cm³/mol. The quantitative estimate of drug-likeness (QED) is 0.647. The molecule has 0 amide bonds. The number of rotatable bonds is 2. The molecule has 1 heterocycles. The first kappa shape index (κ1) is 14.0. The van der Waals surface area contributed by atoms with E-state index >= 15 is 0 Å². The third-order valence-corrected chi connectivity index (χ3v) is 3.49. The van der Waals surface area contributed by atoms with E-state index in [-0.39, 0.29) is 17.0 Å². The Morgan fingerprint density at radius 2 is 1.65 bits per heavy atom. The van der Waals surface area contributed by atoms with Crippen LogP contribution < -0.4 is 21.5 Å². The molecule has 0 spiro atoms. The Morgan fingerprint density at radius 1 is 1.06 bits per heavy atom. The summed E-state index contributed by atoms with van der Waals surface area (Å²) in [5.74, 6) is 1.30. The van der Waals surface area contributed by atoms with Gasteiger partial charge < -0.3 is 17.0 Å². The fourth-order valence-electron chi connectivity index (χ4n) is 2.10. The maximum Gasteiger partial charge on any atom is 0.253 e. The lowest BCUT2D eigenvalue weighted by Crippen LogP contribution is -3.00. The van der Waals surface area contributed by atoms with Crippen molar-refractivity contribution in [3.05, 3.63) is 53.1 Å². The number of imidazole rings is 1. The molecule has 17 heavy (non-hydrogen) atoms. The molecule has 0 aliphatic rings. The summed E-state index contributed by atoms with van der Waals surface area (Å²) in [6.07, 6.45) is 0. The predicted octanol–water partition coefficient (Wildman–Crippen LogP) is -0.710. The standard InChI is InChI=1S/C14H19N2.BrH/c1-11-12(2)16(13(3)15(11)4)10-14-8-6-5-7-9-14;/h5-9H,10H2,1-4H3;1H/q+1;/p-1. The fraction of sp³-hybridized carbons (Fsp3) is 0.357. The van der Waals surface area contributed by atoms with Gasteiger partial charge in [0.1, 0.15) is 17.9 Å². The van der Waals surface area contributed by atoms with Gasteiger partial charge in [-0.05, 0) is 5.56 Å². The average molecular weight is 295 g/mol. The molecular formula is C14H19BrN2. The Labute approximate surface area is 114 Å². The summed E-state index contributed by atoms with van der Waals surface area (Å²) in [5, 5.41) is 0. The second-order valence-corrected chi connectivity index (χ2v) is 4.35. The van der Waals surface area contributed by atoms with Crippen molar-refractivity contribution in [2.24, 2.45) is 7.05 Å². The minimum Gasteiger partial charge on any atom is -1.00 e. The lowest BCUT2D eigenvalue weighted by atomic mass is 10.2. The van der Waals surface area contributed by atoms with Crippen LogP contribution in [0.25, 0.3) is 0 Å². The highest BCUT2D eigenvalue weighted by Crippen LogP contribution is 2.10. The Hall–Kier alpha value is -1.09. The summed E-state index contributed by atoms with van der Waals surface area (Å²) in [6.45, 7) is 7.48. The van der Waals surface area contributed by atoms with Gasteiger partial charge in [0.15, 0.2) is 0 Å². The SMILES string of the molecule is Cc1c(C)[n+](C)c(C)n1Cc1ccccc1.[Br-]. The van der Waals surface area contributed by atoms with Gasteiger partial charge in [0, 0.05) is 20.8 Å². The normalized spacial score (nSPS) is 10.1. The molecule has 0 N–H and O–H groups in total.